The van der Waals surface area contributed by atoms with Gasteiger partial charge in [0.25, 0.3) is 0 Å². The number of amides is 2. The van der Waals surface area contributed by atoms with Crippen LogP contribution < -0.4 is 0 Å². The van der Waals surface area contributed by atoms with Gasteiger partial charge in [-0.2, -0.15) is 0 Å². The fraction of sp³-hybridized carbons (Fsp3) is 0.818. The summed E-state index contributed by atoms with van der Waals surface area (Å²) in [5.41, 5.74) is 0. The number of carboxylic acid groups (broad SMARTS) is 1. The van der Waals surface area contributed by atoms with Crippen LogP contribution in [0.4, 0.5) is 4.79 Å². The average Bonchev–Trinajstić information content (AvgIpc) is 2.34. The van der Waals surface area contributed by atoms with Gasteiger partial charge in [-0.25, -0.2) is 4.79 Å². The highest BCUT2D eigenvalue weighted by molar-refractivity contribution is 5.80. The number of hydrogen-bond acceptors (Lipinski definition) is 4. The minimum atomic E-state index is -1.04. The molecule has 1 aliphatic rings. The van der Waals surface area contributed by atoms with Crippen molar-refractivity contribution < 1.29 is 24.5 Å². The van der Waals surface area contributed by atoms with E-state index in [4.69, 9.17) is 9.84 Å². The van der Waals surface area contributed by atoms with Crippen molar-refractivity contribution in [3.05, 3.63) is 0 Å². The number of nitrogens with zero attached hydrogens (tertiary/aromatic N) is 2. The molecule has 0 aromatic heterocycles. The number of piperidine rings is 1. The summed E-state index contributed by atoms with van der Waals surface area (Å²) in [6.07, 6.45) is 0.717. The Morgan fingerprint density at radius 2 is 2.00 bits per heavy atom. The molecule has 0 saturated carbocycles. The van der Waals surface area contributed by atoms with Crippen molar-refractivity contribution in [2.45, 2.75) is 18.9 Å². The molecule has 0 spiro atoms. The molecule has 0 bridgehead atoms. The Morgan fingerprint density at radius 1 is 1.39 bits per heavy atom. The van der Waals surface area contributed by atoms with Crippen molar-refractivity contribution in [2.24, 2.45) is 0 Å². The lowest BCUT2D eigenvalue weighted by Gasteiger charge is -2.33. The summed E-state index contributed by atoms with van der Waals surface area (Å²) in [5.74, 6) is -1.04. The topological polar surface area (TPSA) is 90.3 Å². The number of urea groups is 1. The Kier molecular flexibility index (Phi) is 5.87. The Labute approximate surface area is 106 Å². The van der Waals surface area contributed by atoms with Crippen molar-refractivity contribution in [2.75, 3.05) is 39.9 Å². The van der Waals surface area contributed by atoms with Crippen LogP contribution in [0, 0.1) is 0 Å². The predicted octanol–water partition coefficient (Wildman–Crippen LogP) is -0.404. The normalized spacial score (nSPS) is 16.7. The SMILES string of the molecule is COCCN(CC(=O)O)C(=O)N1CCC(O)CC1. The van der Waals surface area contributed by atoms with Gasteiger partial charge in [0.05, 0.1) is 12.7 Å². The molecule has 7 nitrogen and oxygen atoms in total. The minimum absolute atomic E-state index is 0.251. The highest BCUT2D eigenvalue weighted by Crippen LogP contribution is 2.12. The third-order valence-electron chi connectivity index (χ3n) is 2.90. The number of aliphatic carboxylic acids is 1. The number of rotatable bonds is 5. The summed E-state index contributed by atoms with van der Waals surface area (Å²) in [4.78, 5) is 25.6. The zero-order valence-electron chi connectivity index (χ0n) is 10.5. The number of aliphatic hydroxyl groups excluding tert-OH is 1. The van der Waals surface area contributed by atoms with Crippen LogP contribution in [0.15, 0.2) is 0 Å². The quantitative estimate of drug-likeness (QED) is 0.701. The number of aliphatic hydroxyl groups is 1. The lowest BCUT2D eigenvalue weighted by molar-refractivity contribution is -0.137. The van der Waals surface area contributed by atoms with Crippen LogP contribution in [0.25, 0.3) is 0 Å². The van der Waals surface area contributed by atoms with Gasteiger partial charge in [-0.05, 0) is 12.8 Å². The van der Waals surface area contributed by atoms with Crippen molar-refractivity contribution in [1.82, 2.24) is 9.80 Å². The summed E-state index contributed by atoms with van der Waals surface area (Å²) >= 11 is 0. The molecule has 0 atom stereocenters. The highest BCUT2D eigenvalue weighted by atomic mass is 16.5. The van der Waals surface area contributed by atoms with E-state index in [1.165, 1.54) is 12.0 Å². The third kappa shape index (κ3) is 4.50. The zero-order chi connectivity index (χ0) is 13.5. The molecule has 1 aliphatic heterocycles. The molecule has 0 aromatic carbocycles. The van der Waals surface area contributed by atoms with Gasteiger partial charge < -0.3 is 24.7 Å². The van der Waals surface area contributed by atoms with Crippen LogP contribution in [0.2, 0.25) is 0 Å². The van der Waals surface area contributed by atoms with E-state index >= 15 is 0 Å². The summed E-state index contributed by atoms with van der Waals surface area (Å²) in [5, 5.41) is 18.1. The van der Waals surface area contributed by atoms with Crippen LogP contribution in [-0.2, 0) is 9.53 Å². The lowest BCUT2D eigenvalue weighted by Crippen LogP contribution is -2.49. The van der Waals surface area contributed by atoms with Gasteiger partial charge in [-0.15, -0.1) is 0 Å². The largest absolute Gasteiger partial charge is 0.480 e. The first-order chi connectivity index (χ1) is 8.54. The van der Waals surface area contributed by atoms with E-state index in [2.05, 4.69) is 0 Å². The third-order valence-corrected chi connectivity index (χ3v) is 2.90. The first kappa shape index (κ1) is 14.7. The van der Waals surface area contributed by atoms with Crippen LogP contribution in [0.5, 0.6) is 0 Å². The molecule has 2 amide bonds. The second-order valence-corrected chi connectivity index (χ2v) is 4.31. The van der Waals surface area contributed by atoms with Gasteiger partial charge >= 0.3 is 12.0 Å². The fourth-order valence-corrected chi connectivity index (χ4v) is 1.86. The predicted molar refractivity (Wildman–Crippen MR) is 63.3 cm³/mol. The van der Waals surface area contributed by atoms with Gasteiger partial charge in [-0.1, -0.05) is 0 Å². The smallest absolute Gasteiger partial charge is 0.323 e. The van der Waals surface area contributed by atoms with Gasteiger partial charge in [-0.3, -0.25) is 4.79 Å². The van der Waals surface area contributed by atoms with E-state index in [0.717, 1.165) is 0 Å². The van der Waals surface area contributed by atoms with Crippen molar-refractivity contribution in [3.63, 3.8) is 0 Å². The number of ether oxygens (including phenoxy) is 1. The molecule has 18 heavy (non-hydrogen) atoms. The van der Waals surface area contributed by atoms with Crippen molar-refractivity contribution in [1.29, 1.82) is 0 Å². The Balaban J connectivity index is 2.54. The highest BCUT2D eigenvalue weighted by Gasteiger charge is 2.26. The van der Waals surface area contributed by atoms with E-state index in [0.29, 0.717) is 32.5 Å². The minimum Gasteiger partial charge on any atom is -0.480 e. The molecular weight excluding hydrogens is 240 g/mol. The molecule has 0 radical (unpaired) electrons. The summed E-state index contributed by atoms with van der Waals surface area (Å²) < 4.78 is 4.86. The van der Waals surface area contributed by atoms with Gasteiger partial charge in [0, 0.05) is 26.7 Å². The Morgan fingerprint density at radius 3 is 2.50 bits per heavy atom. The van der Waals surface area contributed by atoms with Crippen molar-refractivity contribution in [3.8, 4) is 0 Å². The number of likely N-dealkylation sites (tertiary alicyclic amines) is 1. The molecule has 1 fully saturated rings. The molecule has 1 saturated heterocycles. The number of methoxy groups -OCH3 is 1. The molecule has 7 heteroatoms. The molecule has 0 unspecified atom stereocenters. The van der Waals surface area contributed by atoms with E-state index < -0.39 is 5.97 Å². The Hall–Kier alpha value is -1.34. The van der Waals surface area contributed by atoms with E-state index in [1.54, 1.807) is 4.90 Å². The maximum absolute atomic E-state index is 12.1. The molecular formula is C11H20N2O5. The molecule has 104 valence electrons. The maximum Gasteiger partial charge on any atom is 0.323 e. The average molecular weight is 260 g/mol. The second-order valence-electron chi connectivity index (χ2n) is 4.31. The standard InChI is InChI=1S/C11H20N2O5/c1-18-7-6-13(8-10(15)16)11(17)12-4-2-9(14)3-5-12/h9,14H,2-8H2,1H3,(H,15,16). The number of carbonyl (C=O) groups excluding carboxylic acids is 1. The van der Waals surface area contributed by atoms with Crippen LogP contribution >= 0.6 is 0 Å². The Bertz CT molecular complexity index is 289. The molecule has 0 aliphatic carbocycles. The first-order valence-corrected chi connectivity index (χ1v) is 5.97. The molecule has 0 aromatic rings. The summed E-state index contributed by atoms with van der Waals surface area (Å²) in [7, 11) is 1.50. The van der Waals surface area contributed by atoms with Gasteiger partial charge in [0.2, 0.25) is 0 Å². The van der Waals surface area contributed by atoms with Crippen molar-refractivity contribution >= 4 is 12.0 Å². The molecule has 2 N–H and O–H groups in total. The van der Waals surface area contributed by atoms with Gasteiger partial charge in [0.15, 0.2) is 0 Å². The van der Waals surface area contributed by atoms with E-state index in [9.17, 15) is 14.7 Å². The lowest BCUT2D eigenvalue weighted by atomic mass is 10.1. The van der Waals surface area contributed by atoms with Crippen LogP contribution in [0.3, 0.4) is 0 Å². The number of carbonyl (C=O) groups is 2. The van der Waals surface area contributed by atoms with Crippen LogP contribution in [-0.4, -0.2) is 78.0 Å². The summed E-state index contributed by atoms with van der Waals surface area (Å²) in [6, 6.07) is -0.304. The maximum atomic E-state index is 12.1. The zero-order valence-corrected chi connectivity index (χ0v) is 10.5. The summed E-state index contributed by atoms with van der Waals surface area (Å²) in [6.45, 7) is 1.14. The molecule has 1 rings (SSSR count). The number of carboxylic acids is 1. The van der Waals surface area contributed by atoms with Gasteiger partial charge in [0.1, 0.15) is 6.54 Å². The fourth-order valence-electron chi connectivity index (χ4n) is 1.86. The second kappa shape index (κ2) is 7.17. The van der Waals surface area contributed by atoms with Crippen LogP contribution in [0.1, 0.15) is 12.8 Å². The van der Waals surface area contributed by atoms with E-state index in [1.807, 2.05) is 0 Å². The molecule has 1 heterocycles. The monoisotopic (exact) mass is 260 g/mol. The number of hydrogen-bond donors (Lipinski definition) is 2. The first-order valence-electron chi connectivity index (χ1n) is 5.97. The van der Waals surface area contributed by atoms with E-state index in [-0.39, 0.29) is 25.2 Å².